The number of nitrogens with zero attached hydrogens (tertiary/aromatic N) is 2. The number of para-hydroxylation sites is 1. The minimum atomic E-state index is -0.212. The van der Waals surface area contributed by atoms with E-state index in [0.29, 0.717) is 5.52 Å². The molecule has 1 aromatic heterocycles. The van der Waals surface area contributed by atoms with Gasteiger partial charge in [-0.15, -0.1) is 0 Å². The predicted molar refractivity (Wildman–Crippen MR) is 79.4 cm³/mol. The molecule has 4 heteroatoms. The molecule has 1 aliphatic rings. The van der Waals surface area contributed by atoms with Gasteiger partial charge in [-0.3, -0.25) is 0 Å². The Morgan fingerprint density at radius 1 is 1.30 bits per heavy atom. The molecule has 0 bridgehead atoms. The Hall–Kier alpha value is -1.42. The molecule has 1 fully saturated rings. The summed E-state index contributed by atoms with van der Waals surface area (Å²) in [6.07, 6.45) is 3.21. The van der Waals surface area contributed by atoms with Crippen molar-refractivity contribution in [1.29, 1.82) is 0 Å². The summed E-state index contributed by atoms with van der Waals surface area (Å²) in [5, 5.41) is 3.42. The molecule has 0 saturated carbocycles. The number of aromatic nitrogens is 2. The molecule has 0 amide bonds. The lowest BCUT2D eigenvalue weighted by atomic mass is 9.76. The summed E-state index contributed by atoms with van der Waals surface area (Å²) in [5.41, 5.74) is 1.54. The Morgan fingerprint density at radius 2 is 2.05 bits per heavy atom. The first-order chi connectivity index (χ1) is 9.72. The second-order valence-electron chi connectivity index (χ2n) is 5.67. The zero-order valence-corrected chi connectivity index (χ0v) is 12.2. The molecule has 0 atom stereocenters. The van der Waals surface area contributed by atoms with E-state index < -0.39 is 0 Å². The van der Waals surface area contributed by atoms with Gasteiger partial charge in [0, 0.05) is 12.0 Å². The number of benzene rings is 1. The van der Waals surface area contributed by atoms with Crippen molar-refractivity contribution in [3.05, 3.63) is 29.8 Å². The van der Waals surface area contributed by atoms with Crippen LogP contribution in [-0.4, -0.2) is 22.6 Å². The third-order valence-corrected chi connectivity index (χ3v) is 4.76. The quantitative estimate of drug-likeness (QED) is 0.932. The summed E-state index contributed by atoms with van der Waals surface area (Å²) in [4.78, 5) is 4.71. The highest BCUT2D eigenvalue weighted by atomic mass is 19.1. The van der Waals surface area contributed by atoms with Crippen molar-refractivity contribution in [2.24, 2.45) is 0 Å². The average molecular weight is 275 g/mol. The van der Waals surface area contributed by atoms with Gasteiger partial charge in [0.05, 0.1) is 5.52 Å². The van der Waals surface area contributed by atoms with Gasteiger partial charge in [-0.05, 0) is 51.4 Å². The minimum absolute atomic E-state index is 0.0900. The van der Waals surface area contributed by atoms with Crippen LogP contribution in [0.1, 0.15) is 38.9 Å². The molecule has 2 aromatic rings. The first-order valence-corrected chi connectivity index (χ1v) is 7.58. The van der Waals surface area contributed by atoms with Crippen LogP contribution in [0.2, 0.25) is 0 Å². The van der Waals surface area contributed by atoms with E-state index in [9.17, 15) is 4.39 Å². The molecule has 1 aliphatic heterocycles. The molecule has 3 rings (SSSR count). The van der Waals surface area contributed by atoms with E-state index in [1.54, 1.807) is 6.07 Å². The number of aryl methyl sites for hydroxylation is 1. The number of hydrogen-bond donors (Lipinski definition) is 1. The summed E-state index contributed by atoms with van der Waals surface area (Å²) in [6, 6.07) is 5.25. The van der Waals surface area contributed by atoms with E-state index in [2.05, 4.69) is 23.7 Å². The van der Waals surface area contributed by atoms with E-state index in [4.69, 9.17) is 4.98 Å². The maximum atomic E-state index is 14.0. The van der Waals surface area contributed by atoms with Gasteiger partial charge < -0.3 is 9.88 Å². The highest BCUT2D eigenvalue weighted by Crippen LogP contribution is 2.38. The van der Waals surface area contributed by atoms with Crippen LogP contribution in [0.4, 0.5) is 4.39 Å². The second-order valence-corrected chi connectivity index (χ2v) is 5.67. The van der Waals surface area contributed by atoms with Gasteiger partial charge in [-0.1, -0.05) is 13.0 Å². The zero-order chi connectivity index (χ0) is 14.2. The molecule has 0 aliphatic carbocycles. The molecular formula is C16H22FN3. The highest BCUT2D eigenvalue weighted by molar-refractivity contribution is 5.77. The normalized spacial score (nSPS) is 18.6. The highest BCUT2D eigenvalue weighted by Gasteiger charge is 2.36. The largest absolute Gasteiger partial charge is 0.328 e. The van der Waals surface area contributed by atoms with E-state index in [1.165, 1.54) is 6.07 Å². The van der Waals surface area contributed by atoms with Crippen molar-refractivity contribution in [1.82, 2.24) is 14.9 Å². The first kappa shape index (κ1) is 13.6. The molecule has 0 unspecified atom stereocenters. The van der Waals surface area contributed by atoms with Gasteiger partial charge in [-0.25, -0.2) is 9.37 Å². The van der Waals surface area contributed by atoms with Gasteiger partial charge in [0.2, 0.25) is 0 Å². The molecule has 1 aromatic carbocycles. The lowest BCUT2D eigenvalue weighted by Gasteiger charge is -2.36. The monoisotopic (exact) mass is 275 g/mol. The van der Waals surface area contributed by atoms with Crippen molar-refractivity contribution in [2.75, 3.05) is 13.1 Å². The SMILES string of the molecule is CCn1c(C2(CC)CCNCC2)nc2c(F)cccc21. The predicted octanol–water partition coefficient (Wildman–Crippen LogP) is 3.23. The third-order valence-electron chi connectivity index (χ3n) is 4.76. The van der Waals surface area contributed by atoms with Crippen LogP contribution in [0, 0.1) is 5.82 Å². The molecule has 0 radical (unpaired) electrons. The van der Waals surface area contributed by atoms with Gasteiger partial charge in [0.1, 0.15) is 11.3 Å². The number of imidazole rings is 1. The lowest BCUT2D eigenvalue weighted by Crippen LogP contribution is -2.41. The molecule has 0 spiro atoms. The van der Waals surface area contributed by atoms with Gasteiger partial charge in [0.15, 0.2) is 5.82 Å². The van der Waals surface area contributed by atoms with Crippen LogP contribution in [0.25, 0.3) is 11.0 Å². The summed E-state index contributed by atoms with van der Waals surface area (Å²) in [6.45, 7) is 7.21. The van der Waals surface area contributed by atoms with Crippen molar-refractivity contribution >= 4 is 11.0 Å². The Labute approximate surface area is 119 Å². The van der Waals surface area contributed by atoms with Crippen molar-refractivity contribution in [2.45, 2.75) is 45.1 Å². The van der Waals surface area contributed by atoms with Crippen LogP contribution in [0.15, 0.2) is 18.2 Å². The van der Waals surface area contributed by atoms with Crippen molar-refractivity contribution in [3.8, 4) is 0 Å². The number of fused-ring (bicyclic) bond motifs is 1. The number of piperidine rings is 1. The van der Waals surface area contributed by atoms with Crippen molar-refractivity contribution in [3.63, 3.8) is 0 Å². The summed E-state index contributed by atoms with van der Waals surface area (Å²) in [5.74, 6) is 0.861. The van der Waals surface area contributed by atoms with Gasteiger partial charge in [-0.2, -0.15) is 0 Å². The maximum Gasteiger partial charge on any atom is 0.151 e. The molecular weight excluding hydrogens is 253 g/mol. The molecule has 20 heavy (non-hydrogen) atoms. The van der Waals surface area contributed by atoms with Gasteiger partial charge in [0.25, 0.3) is 0 Å². The van der Waals surface area contributed by atoms with Crippen LogP contribution >= 0.6 is 0 Å². The molecule has 1 saturated heterocycles. The third kappa shape index (κ3) is 1.94. The van der Waals surface area contributed by atoms with Crippen LogP contribution < -0.4 is 5.32 Å². The van der Waals surface area contributed by atoms with E-state index in [-0.39, 0.29) is 11.2 Å². The molecule has 108 valence electrons. The average Bonchev–Trinajstić information content (AvgIpc) is 2.88. The fourth-order valence-corrected chi connectivity index (χ4v) is 3.48. The van der Waals surface area contributed by atoms with Crippen LogP contribution in [0.3, 0.4) is 0 Å². The number of hydrogen-bond acceptors (Lipinski definition) is 2. The molecule has 3 nitrogen and oxygen atoms in total. The number of halogens is 1. The maximum absolute atomic E-state index is 14.0. The van der Waals surface area contributed by atoms with Crippen LogP contribution in [-0.2, 0) is 12.0 Å². The fourth-order valence-electron chi connectivity index (χ4n) is 3.48. The Balaban J connectivity index is 2.21. The standard InChI is InChI=1S/C16H22FN3/c1-3-16(8-10-18-11-9-16)15-19-14-12(17)6-5-7-13(14)20(15)4-2/h5-7,18H,3-4,8-11H2,1-2H3. The smallest absolute Gasteiger partial charge is 0.151 e. The van der Waals surface area contributed by atoms with Crippen LogP contribution in [0.5, 0.6) is 0 Å². The lowest BCUT2D eigenvalue weighted by molar-refractivity contribution is 0.275. The summed E-state index contributed by atoms with van der Waals surface area (Å²) >= 11 is 0. The molecule has 1 N–H and O–H groups in total. The van der Waals surface area contributed by atoms with E-state index in [1.807, 2.05) is 6.07 Å². The topological polar surface area (TPSA) is 29.9 Å². The Morgan fingerprint density at radius 3 is 2.70 bits per heavy atom. The second kappa shape index (κ2) is 5.17. The van der Waals surface area contributed by atoms with Crippen molar-refractivity contribution < 1.29 is 4.39 Å². The Bertz CT molecular complexity index is 611. The number of rotatable bonds is 3. The fraction of sp³-hybridized carbons (Fsp3) is 0.562. The summed E-state index contributed by atoms with van der Waals surface area (Å²) in [7, 11) is 0. The van der Waals surface area contributed by atoms with E-state index >= 15 is 0 Å². The minimum Gasteiger partial charge on any atom is -0.328 e. The zero-order valence-electron chi connectivity index (χ0n) is 12.2. The van der Waals surface area contributed by atoms with Gasteiger partial charge >= 0.3 is 0 Å². The molecule has 2 heterocycles. The Kier molecular flexibility index (Phi) is 3.50. The number of nitrogens with one attached hydrogen (secondary N) is 1. The van der Waals surface area contributed by atoms with E-state index in [0.717, 1.165) is 50.2 Å². The first-order valence-electron chi connectivity index (χ1n) is 7.58. The summed E-state index contributed by atoms with van der Waals surface area (Å²) < 4.78 is 16.2.